The molecule has 2 bridgehead atoms. The molecule has 104 valence electrons. The Bertz CT molecular complexity index is 602. The van der Waals surface area contributed by atoms with Gasteiger partial charge in [0.05, 0.1) is 29.7 Å². The van der Waals surface area contributed by atoms with E-state index in [2.05, 4.69) is 0 Å². The van der Waals surface area contributed by atoms with Gasteiger partial charge in [0, 0.05) is 5.02 Å². The number of fused-ring (bicyclic) bond motifs is 5. The minimum absolute atomic E-state index is 0.0765. The van der Waals surface area contributed by atoms with E-state index in [1.807, 2.05) is 13.0 Å². The van der Waals surface area contributed by atoms with Crippen LogP contribution in [0.4, 0.5) is 5.69 Å². The number of aryl methyl sites for hydroxylation is 1. The lowest BCUT2D eigenvalue weighted by atomic mass is 9.81. The smallest absolute Gasteiger partial charge is 0.240 e. The quantitative estimate of drug-likeness (QED) is 0.746. The number of amides is 2. The number of ether oxygens (including phenoxy) is 1. The molecule has 3 aliphatic heterocycles. The summed E-state index contributed by atoms with van der Waals surface area (Å²) in [7, 11) is 0. The van der Waals surface area contributed by atoms with Gasteiger partial charge in [0.2, 0.25) is 11.8 Å². The number of halogens is 1. The van der Waals surface area contributed by atoms with Crippen molar-refractivity contribution in [2.24, 2.45) is 11.8 Å². The highest BCUT2D eigenvalue weighted by molar-refractivity contribution is 6.32. The van der Waals surface area contributed by atoms with Crippen LogP contribution in [0.1, 0.15) is 18.4 Å². The van der Waals surface area contributed by atoms with Crippen LogP contribution in [0, 0.1) is 18.8 Å². The van der Waals surface area contributed by atoms with Crippen LogP contribution < -0.4 is 4.90 Å². The number of hydrogen-bond acceptors (Lipinski definition) is 3. The first-order chi connectivity index (χ1) is 9.58. The Labute approximate surface area is 121 Å². The van der Waals surface area contributed by atoms with Gasteiger partial charge >= 0.3 is 0 Å². The van der Waals surface area contributed by atoms with E-state index in [4.69, 9.17) is 16.3 Å². The number of imide groups is 1. The van der Waals surface area contributed by atoms with E-state index in [-0.39, 0.29) is 35.9 Å². The molecule has 0 N–H and O–H groups in total. The molecule has 0 aromatic heterocycles. The number of carbonyl (C=O) groups excluding carboxylic acids is 2. The predicted molar refractivity (Wildman–Crippen MR) is 73.6 cm³/mol. The number of anilines is 1. The van der Waals surface area contributed by atoms with Crippen molar-refractivity contribution in [3.63, 3.8) is 0 Å². The summed E-state index contributed by atoms with van der Waals surface area (Å²) in [5, 5.41) is 0.569. The Hall–Kier alpha value is -1.39. The van der Waals surface area contributed by atoms with Crippen molar-refractivity contribution in [3.8, 4) is 0 Å². The van der Waals surface area contributed by atoms with Crippen LogP contribution in [0.3, 0.4) is 0 Å². The average molecular weight is 292 g/mol. The zero-order valence-corrected chi connectivity index (χ0v) is 11.8. The number of carbonyl (C=O) groups is 2. The number of nitrogens with zero attached hydrogens (tertiary/aromatic N) is 1. The number of rotatable bonds is 1. The van der Waals surface area contributed by atoms with Crippen LogP contribution in [-0.2, 0) is 14.3 Å². The SMILES string of the molecule is Cc1ccc(N2C(=O)C3C4CCC(O4)C3C2=O)cc1Cl. The summed E-state index contributed by atoms with van der Waals surface area (Å²) >= 11 is 6.10. The van der Waals surface area contributed by atoms with E-state index >= 15 is 0 Å². The highest BCUT2D eigenvalue weighted by atomic mass is 35.5. The van der Waals surface area contributed by atoms with Crippen LogP contribution >= 0.6 is 11.6 Å². The second-order valence-corrected chi connectivity index (χ2v) is 6.19. The summed E-state index contributed by atoms with van der Waals surface area (Å²) < 4.78 is 5.71. The predicted octanol–water partition coefficient (Wildman–Crippen LogP) is 2.32. The lowest BCUT2D eigenvalue weighted by molar-refractivity contribution is -0.124. The first kappa shape index (κ1) is 12.4. The van der Waals surface area contributed by atoms with Crippen molar-refractivity contribution in [2.75, 3.05) is 4.90 Å². The zero-order chi connectivity index (χ0) is 14.0. The van der Waals surface area contributed by atoms with Crippen LogP contribution in [0.15, 0.2) is 18.2 Å². The molecule has 0 saturated carbocycles. The second kappa shape index (κ2) is 4.06. The summed E-state index contributed by atoms with van der Waals surface area (Å²) in [4.78, 5) is 26.4. The molecule has 1 aromatic carbocycles. The third-order valence-corrected chi connectivity index (χ3v) is 5.11. The maximum Gasteiger partial charge on any atom is 0.240 e. The summed E-state index contributed by atoms with van der Waals surface area (Å²) in [5.74, 6) is -0.845. The zero-order valence-electron chi connectivity index (χ0n) is 11.0. The Morgan fingerprint density at radius 3 is 2.30 bits per heavy atom. The minimum atomic E-state index is -0.290. The molecule has 20 heavy (non-hydrogen) atoms. The van der Waals surface area contributed by atoms with Gasteiger partial charge < -0.3 is 4.74 Å². The molecule has 4 atom stereocenters. The van der Waals surface area contributed by atoms with Crippen LogP contribution in [0.5, 0.6) is 0 Å². The fraction of sp³-hybridized carbons (Fsp3) is 0.467. The number of hydrogen-bond donors (Lipinski definition) is 0. The van der Waals surface area contributed by atoms with E-state index < -0.39 is 0 Å². The molecule has 3 fully saturated rings. The third-order valence-electron chi connectivity index (χ3n) is 4.70. The topological polar surface area (TPSA) is 46.6 Å². The highest BCUT2D eigenvalue weighted by Crippen LogP contribution is 2.49. The lowest BCUT2D eigenvalue weighted by Gasteiger charge is -2.18. The van der Waals surface area contributed by atoms with Gasteiger partial charge in [0.1, 0.15) is 0 Å². The summed E-state index contributed by atoms with van der Waals surface area (Å²) in [6, 6.07) is 5.30. The van der Waals surface area contributed by atoms with Crippen LogP contribution in [-0.4, -0.2) is 24.0 Å². The maximum atomic E-state index is 12.6. The second-order valence-electron chi connectivity index (χ2n) is 5.79. The molecule has 3 aliphatic rings. The molecule has 1 aromatic rings. The highest BCUT2D eigenvalue weighted by Gasteiger charge is 2.62. The lowest BCUT2D eigenvalue weighted by Crippen LogP contribution is -2.34. The molecule has 4 rings (SSSR count). The van der Waals surface area contributed by atoms with Gasteiger partial charge in [-0.3, -0.25) is 9.59 Å². The Morgan fingerprint density at radius 1 is 1.15 bits per heavy atom. The van der Waals surface area contributed by atoms with Gasteiger partial charge in [-0.2, -0.15) is 0 Å². The molecule has 4 unspecified atom stereocenters. The molecule has 4 nitrogen and oxygen atoms in total. The molecule has 0 radical (unpaired) electrons. The molecular formula is C15H14ClNO3. The Balaban J connectivity index is 1.74. The van der Waals surface area contributed by atoms with Crippen LogP contribution in [0.25, 0.3) is 0 Å². The number of benzene rings is 1. The average Bonchev–Trinajstić information content (AvgIpc) is 3.08. The van der Waals surface area contributed by atoms with E-state index in [9.17, 15) is 9.59 Å². The molecule has 3 saturated heterocycles. The van der Waals surface area contributed by atoms with Crippen molar-refractivity contribution in [2.45, 2.75) is 32.0 Å². The third kappa shape index (κ3) is 1.46. The summed E-state index contributed by atoms with van der Waals surface area (Å²) in [6.45, 7) is 1.89. The van der Waals surface area contributed by atoms with Gasteiger partial charge in [-0.05, 0) is 37.5 Å². The van der Waals surface area contributed by atoms with Crippen molar-refractivity contribution in [1.29, 1.82) is 0 Å². The standard InChI is InChI=1S/C15H14ClNO3/c1-7-2-3-8(6-9(7)16)17-14(18)12-10-4-5-11(20-10)13(12)15(17)19/h2-3,6,10-13H,4-5H2,1H3. The maximum absolute atomic E-state index is 12.6. The minimum Gasteiger partial charge on any atom is -0.373 e. The first-order valence-electron chi connectivity index (χ1n) is 6.87. The van der Waals surface area contributed by atoms with Crippen molar-refractivity contribution in [1.82, 2.24) is 0 Å². The Kier molecular flexibility index (Phi) is 2.51. The monoisotopic (exact) mass is 291 g/mol. The van der Waals surface area contributed by atoms with E-state index in [1.165, 1.54) is 4.90 Å². The van der Waals surface area contributed by atoms with Gasteiger partial charge in [0.15, 0.2) is 0 Å². The first-order valence-corrected chi connectivity index (χ1v) is 7.25. The van der Waals surface area contributed by atoms with Crippen molar-refractivity contribution >= 4 is 29.1 Å². The van der Waals surface area contributed by atoms with Crippen LogP contribution in [0.2, 0.25) is 5.02 Å². The van der Waals surface area contributed by atoms with E-state index in [1.54, 1.807) is 12.1 Å². The van der Waals surface area contributed by atoms with E-state index in [0.717, 1.165) is 18.4 Å². The van der Waals surface area contributed by atoms with E-state index in [0.29, 0.717) is 10.7 Å². The van der Waals surface area contributed by atoms with Crippen molar-refractivity contribution in [3.05, 3.63) is 28.8 Å². The van der Waals surface area contributed by atoms with Gasteiger partial charge in [0.25, 0.3) is 0 Å². The Morgan fingerprint density at radius 2 is 1.75 bits per heavy atom. The fourth-order valence-electron chi connectivity index (χ4n) is 3.69. The largest absolute Gasteiger partial charge is 0.373 e. The molecule has 5 heteroatoms. The fourth-order valence-corrected chi connectivity index (χ4v) is 3.86. The molecule has 3 heterocycles. The summed E-state index contributed by atoms with van der Waals surface area (Å²) in [6.07, 6.45) is 1.61. The van der Waals surface area contributed by atoms with Gasteiger partial charge in [-0.1, -0.05) is 17.7 Å². The van der Waals surface area contributed by atoms with Gasteiger partial charge in [-0.15, -0.1) is 0 Å². The van der Waals surface area contributed by atoms with Crippen molar-refractivity contribution < 1.29 is 14.3 Å². The molecule has 0 aliphatic carbocycles. The molecule has 0 spiro atoms. The van der Waals surface area contributed by atoms with Gasteiger partial charge in [-0.25, -0.2) is 4.90 Å². The summed E-state index contributed by atoms with van der Waals surface area (Å²) in [5.41, 5.74) is 1.50. The normalized spacial score (nSPS) is 35.0. The molecule has 2 amide bonds. The molecular weight excluding hydrogens is 278 g/mol.